The molecular weight excluding hydrogens is 454 g/mol. The fourth-order valence-electron chi connectivity index (χ4n) is 4.05. The van der Waals surface area contributed by atoms with Crippen LogP contribution in [0.2, 0.25) is 0 Å². The molecule has 3 aromatic rings. The molecule has 0 radical (unpaired) electrons. The standard InChI is InChI=1S/C24H25N5O6/c30-12-9-20(23(32)33)26-22(31)21-13-29(28-27-21)11-10-25-24(34)35-14-19-17-7-3-1-5-15(17)16-6-2-4-8-18(16)19/h1-8,13,19-20,30H,9-12,14H2,(H,25,34)(H,26,31)(H,32,33). The van der Waals surface area contributed by atoms with Crippen LogP contribution in [-0.2, 0) is 16.1 Å². The van der Waals surface area contributed by atoms with Gasteiger partial charge < -0.3 is 25.6 Å². The maximum atomic E-state index is 12.3. The van der Waals surface area contributed by atoms with Gasteiger partial charge in [0.25, 0.3) is 5.91 Å². The summed E-state index contributed by atoms with van der Waals surface area (Å²) in [6.07, 6.45) is 0.643. The summed E-state index contributed by atoms with van der Waals surface area (Å²) in [7, 11) is 0. The molecule has 0 fully saturated rings. The smallest absolute Gasteiger partial charge is 0.407 e. The van der Waals surface area contributed by atoms with Crippen molar-refractivity contribution >= 4 is 18.0 Å². The number of hydrogen-bond donors (Lipinski definition) is 4. The second-order valence-electron chi connectivity index (χ2n) is 8.00. The summed E-state index contributed by atoms with van der Waals surface area (Å²) >= 11 is 0. The lowest BCUT2D eigenvalue weighted by Gasteiger charge is -2.14. The van der Waals surface area contributed by atoms with Crippen LogP contribution in [0.25, 0.3) is 11.1 Å². The van der Waals surface area contributed by atoms with Gasteiger partial charge in [0, 0.05) is 25.5 Å². The third kappa shape index (κ3) is 5.46. The highest BCUT2D eigenvalue weighted by Gasteiger charge is 2.29. The summed E-state index contributed by atoms with van der Waals surface area (Å²) in [4.78, 5) is 35.5. The molecule has 11 heteroatoms. The second-order valence-corrected chi connectivity index (χ2v) is 8.00. The summed E-state index contributed by atoms with van der Waals surface area (Å²) in [5, 5.41) is 30.4. The number of nitrogens with zero attached hydrogens (tertiary/aromatic N) is 3. The van der Waals surface area contributed by atoms with E-state index in [-0.39, 0.29) is 44.3 Å². The number of aromatic nitrogens is 3. The number of carboxylic acids is 1. The number of carbonyl (C=O) groups excluding carboxylic acids is 2. The van der Waals surface area contributed by atoms with Gasteiger partial charge in [0.1, 0.15) is 12.6 Å². The van der Waals surface area contributed by atoms with Gasteiger partial charge in [0.05, 0.1) is 12.7 Å². The number of carboxylic acid groups (broad SMARTS) is 1. The first-order chi connectivity index (χ1) is 17.0. The summed E-state index contributed by atoms with van der Waals surface area (Å²) in [5.41, 5.74) is 4.47. The van der Waals surface area contributed by atoms with E-state index in [1.165, 1.54) is 10.9 Å². The highest BCUT2D eigenvalue weighted by atomic mass is 16.5. The van der Waals surface area contributed by atoms with E-state index in [1.807, 2.05) is 36.4 Å². The van der Waals surface area contributed by atoms with Crippen molar-refractivity contribution in [2.45, 2.75) is 24.9 Å². The number of benzene rings is 2. The summed E-state index contributed by atoms with van der Waals surface area (Å²) in [6.45, 7) is 0.227. The Morgan fingerprint density at radius 3 is 2.34 bits per heavy atom. The Morgan fingerprint density at radius 2 is 1.71 bits per heavy atom. The fourth-order valence-corrected chi connectivity index (χ4v) is 4.05. The zero-order valence-electron chi connectivity index (χ0n) is 18.8. The number of carbonyl (C=O) groups is 3. The molecule has 1 aromatic heterocycles. The zero-order chi connectivity index (χ0) is 24.8. The second kappa shape index (κ2) is 10.8. The minimum absolute atomic E-state index is 0.0370. The number of aliphatic carboxylic acids is 1. The normalized spacial score (nSPS) is 12.9. The monoisotopic (exact) mass is 479 g/mol. The van der Waals surface area contributed by atoms with E-state index in [4.69, 9.17) is 14.9 Å². The highest BCUT2D eigenvalue weighted by Crippen LogP contribution is 2.44. The van der Waals surface area contributed by atoms with E-state index in [1.54, 1.807) is 0 Å². The Labute approximate surface area is 200 Å². The van der Waals surface area contributed by atoms with Crippen LogP contribution in [0.4, 0.5) is 4.79 Å². The summed E-state index contributed by atoms with van der Waals surface area (Å²) < 4.78 is 6.82. The van der Waals surface area contributed by atoms with Crippen molar-refractivity contribution in [3.8, 4) is 11.1 Å². The maximum Gasteiger partial charge on any atom is 0.407 e. The summed E-state index contributed by atoms with van der Waals surface area (Å²) in [5.74, 6) is -2.02. The van der Waals surface area contributed by atoms with Crippen LogP contribution in [-0.4, -0.2) is 69.0 Å². The molecule has 182 valence electrons. The Balaban J connectivity index is 1.25. The van der Waals surface area contributed by atoms with E-state index in [9.17, 15) is 14.4 Å². The van der Waals surface area contributed by atoms with Crippen molar-refractivity contribution in [1.82, 2.24) is 25.6 Å². The Morgan fingerprint density at radius 1 is 1.06 bits per heavy atom. The van der Waals surface area contributed by atoms with E-state index >= 15 is 0 Å². The molecule has 11 nitrogen and oxygen atoms in total. The molecule has 0 aliphatic heterocycles. The summed E-state index contributed by atoms with van der Waals surface area (Å²) in [6, 6.07) is 14.9. The molecule has 0 bridgehead atoms. The lowest BCUT2D eigenvalue weighted by molar-refractivity contribution is -0.139. The zero-order valence-corrected chi connectivity index (χ0v) is 18.8. The maximum absolute atomic E-state index is 12.3. The quantitative estimate of drug-likeness (QED) is 0.340. The van der Waals surface area contributed by atoms with Gasteiger partial charge in [-0.25, -0.2) is 14.3 Å². The molecule has 35 heavy (non-hydrogen) atoms. The number of nitrogens with one attached hydrogen (secondary N) is 2. The third-order valence-corrected chi connectivity index (χ3v) is 5.75. The number of aliphatic hydroxyl groups excluding tert-OH is 1. The van der Waals surface area contributed by atoms with E-state index < -0.39 is 24.0 Å². The number of ether oxygens (including phenoxy) is 1. The molecule has 1 aliphatic rings. The Hall–Kier alpha value is -4.25. The minimum atomic E-state index is -1.26. The molecule has 1 aliphatic carbocycles. The molecule has 4 rings (SSSR count). The van der Waals surface area contributed by atoms with Gasteiger partial charge in [-0.2, -0.15) is 0 Å². The van der Waals surface area contributed by atoms with E-state index in [0.29, 0.717) is 0 Å². The number of aliphatic hydroxyl groups is 1. The van der Waals surface area contributed by atoms with Gasteiger partial charge in [-0.15, -0.1) is 5.10 Å². The van der Waals surface area contributed by atoms with Crippen LogP contribution in [0.1, 0.15) is 34.0 Å². The first kappa shape index (κ1) is 23.9. The van der Waals surface area contributed by atoms with Crippen LogP contribution in [0.3, 0.4) is 0 Å². The first-order valence-corrected chi connectivity index (χ1v) is 11.1. The predicted molar refractivity (Wildman–Crippen MR) is 124 cm³/mol. The SMILES string of the molecule is O=C(NCCn1cc(C(=O)NC(CCO)C(=O)O)nn1)OCC1c2ccccc2-c2ccccc21. The van der Waals surface area contributed by atoms with Crippen molar-refractivity contribution in [2.75, 3.05) is 19.8 Å². The van der Waals surface area contributed by atoms with Crippen LogP contribution < -0.4 is 10.6 Å². The number of rotatable bonds is 10. The number of amides is 2. The molecule has 1 unspecified atom stereocenters. The lowest BCUT2D eigenvalue weighted by Crippen LogP contribution is -2.41. The molecule has 0 spiro atoms. The van der Waals surface area contributed by atoms with Gasteiger partial charge in [0.2, 0.25) is 0 Å². The van der Waals surface area contributed by atoms with Crippen molar-refractivity contribution in [1.29, 1.82) is 0 Å². The highest BCUT2D eigenvalue weighted by molar-refractivity contribution is 5.94. The van der Waals surface area contributed by atoms with Gasteiger partial charge in [-0.3, -0.25) is 4.79 Å². The molecule has 1 atom stereocenters. The van der Waals surface area contributed by atoms with Crippen LogP contribution in [0, 0.1) is 0 Å². The van der Waals surface area contributed by atoms with Gasteiger partial charge >= 0.3 is 12.1 Å². The average molecular weight is 479 g/mol. The van der Waals surface area contributed by atoms with E-state index in [2.05, 4.69) is 33.1 Å². The average Bonchev–Trinajstić information content (AvgIpc) is 3.45. The van der Waals surface area contributed by atoms with Gasteiger partial charge in [-0.05, 0) is 22.3 Å². The Bertz CT molecular complexity index is 1180. The molecule has 0 saturated heterocycles. The fraction of sp³-hybridized carbons (Fsp3) is 0.292. The minimum Gasteiger partial charge on any atom is -0.480 e. The molecular formula is C24H25N5O6. The third-order valence-electron chi connectivity index (χ3n) is 5.75. The molecule has 4 N–H and O–H groups in total. The molecule has 2 aromatic carbocycles. The van der Waals surface area contributed by atoms with Crippen molar-refractivity contribution < 1.29 is 29.3 Å². The molecule has 2 amide bonds. The number of alkyl carbamates (subject to hydrolysis) is 1. The first-order valence-electron chi connectivity index (χ1n) is 11.1. The van der Waals surface area contributed by atoms with Crippen LogP contribution in [0.5, 0.6) is 0 Å². The topological polar surface area (TPSA) is 156 Å². The Kier molecular flexibility index (Phi) is 7.36. The number of hydrogen-bond acceptors (Lipinski definition) is 7. The number of fused-ring (bicyclic) bond motifs is 3. The van der Waals surface area contributed by atoms with Gasteiger partial charge in [-0.1, -0.05) is 53.7 Å². The largest absolute Gasteiger partial charge is 0.480 e. The van der Waals surface area contributed by atoms with Gasteiger partial charge in [0.15, 0.2) is 5.69 Å². The van der Waals surface area contributed by atoms with E-state index in [0.717, 1.165) is 22.3 Å². The van der Waals surface area contributed by atoms with Crippen LogP contribution >= 0.6 is 0 Å². The molecule has 1 heterocycles. The lowest BCUT2D eigenvalue weighted by atomic mass is 9.98. The van der Waals surface area contributed by atoms with Crippen molar-refractivity contribution in [2.24, 2.45) is 0 Å². The van der Waals surface area contributed by atoms with Crippen molar-refractivity contribution in [3.63, 3.8) is 0 Å². The van der Waals surface area contributed by atoms with Crippen molar-refractivity contribution in [3.05, 3.63) is 71.5 Å². The van der Waals surface area contributed by atoms with Crippen LogP contribution in [0.15, 0.2) is 54.7 Å². The molecule has 0 saturated carbocycles. The predicted octanol–water partition coefficient (Wildman–Crippen LogP) is 1.38.